The van der Waals surface area contributed by atoms with Gasteiger partial charge in [-0.05, 0) is 11.4 Å². The highest BCUT2D eigenvalue weighted by atomic mass is 32.1. The molecular weight excluding hydrogens is 274 g/mol. The van der Waals surface area contributed by atoms with E-state index in [2.05, 4.69) is 32.4 Å². The molecule has 1 saturated heterocycles. The number of ether oxygens (including phenoxy) is 2. The van der Waals surface area contributed by atoms with E-state index < -0.39 is 0 Å². The van der Waals surface area contributed by atoms with Crippen molar-refractivity contribution >= 4 is 11.3 Å². The Labute approximate surface area is 122 Å². The fourth-order valence-corrected chi connectivity index (χ4v) is 3.13. The monoisotopic (exact) mass is 293 g/mol. The van der Waals surface area contributed by atoms with Crippen LogP contribution in [0.25, 0.3) is 0 Å². The van der Waals surface area contributed by atoms with Crippen molar-refractivity contribution in [1.82, 2.24) is 14.9 Å². The maximum absolute atomic E-state index is 5.68. The standard InChI is InChI=1S/C14H19N3O2S/c1-17-5-4-15-14(17)13(12-3-2-8-20-12)16-9-11-10-18-6-7-19-11/h2-5,8,11,13,16H,6-7,9-10H2,1H3. The Kier molecular flexibility index (Phi) is 4.47. The minimum Gasteiger partial charge on any atom is -0.376 e. The van der Waals surface area contributed by atoms with Gasteiger partial charge in [0.25, 0.3) is 0 Å². The molecular formula is C14H19N3O2S. The summed E-state index contributed by atoms with van der Waals surface area (Å²) in [5.74, 6) is 1.02. The minimum absolute atomic E-state index is 0.0977. The van der Waals surface area contributed by atoms with Crippen molar-refractivity contribution in [2.24, 2.45) is 7.05 Å². The van der Waals surface area contributed by atoms with Crippen LogP contribution in [0, 0.1) is 0 Å². The van der Waals surface area contributed by atoms with E-state index in [1.54, 1.807) is 11.3 Å². The molecule has 2 aromatic rings. The molecule has 0 amide bonds. The number of aryl methyl sites for hydroxylation is 1. The van der Waals surface area contributed by atoms with Crippen LogP contribution in [0.4, 0.5) is 0 Å². The number of imidazole rings is 1. The average molecular weight is 293 g/mol. The molecule has 0 aromatic carbocycles. The molecule has 0 saturated carbocycles. The Bertz CT molecular complexity index is 520. The number of aromatic nitrogens is 2. The first kappa shape index (κ1) is 13.8. The number of nitrogens with one attached hydrogen (secondary N) is 1. The Morgan fingerprint density at radius 3 is 3.15 bits per heavy atom. The summed E-state index contributed by atoms with van der Waals surface area (Å²) in [4.78, 5) is 5.73. The van der Waals surface area contributed by atoms with Crippen LogP contribution in [0.15, 0.2) is 29.9 Å². The summed E-state index contributed by atoms with van der Waals surface area (Å²) in [6.45, 7) is 2.79. The smallest absolute Gasteiger partial charge is 0.131 e. The summed E-state index contributed by atoms with van der Waals surface area (Å²) in [5.41, 5.74) is 0. The van der Waals surface area contributed by atoms with Gasteiger partial charge in [-0.2, -0.15) is 0 Å². The molecule has 3 heterocycles. The summed E-state index contributed by atoms with van der Waals surface area (Å²) < 4.78 is 13.2. The zero-order chi connectivity index (χ0) is 13.8. The second-order valence-electron chi connectivity index (χ2n) is 4.82. The van der Waals surface area contributed by atoms with Gasteiger partial charge < -0.3 is 19.4 Å². The highest BCUT2D eigenvalue weighted by Gasteiger charge is 2.22. The van der Waals surface area contributed by atoms with Crippen molar-refractivity contribution in [2.75, 3.05) is 26.4 Å². The van der Waals surface area contributed by atoms with E-state index in [0.717, 1.165) is 12.4 Å². The molecule has 2 unspecified atom stereocenters. The van der Waals surface area contributed by atoms with Gasteiger partial charge in [-0.1, -0.05) is 6.07 Å². The lowest BCUT2D eigenvalue weighted by atomic mass is 10.2. The number of hydrogen-bond acceptors (Lipinski definition) is 5. The average Bonchev–Trinajstić information content (AvgIpc) is 3.13. The lowest BCUT2D eigenvalue weighted by Crippen LogP contribution is -2.39. The molecule has 1 aliphatic rings. The summed E-state index contributed by atoms with van der Waals surface area (Å²) in [6, 6.07) is 4.30. The van der Waals surface area contributed by atoms with Crippen molar-refractivity contribution in [3.8, 4) is 0 Å². The van der Waals surface area contributed by atoms with Gasteiger partial charge in [-0.25, -0.2) is 4.98 Å². The Morgan fingerprint density at radius 2 is 2.50 bits per heavy atom. The van der Waals surface area contributed by atoms with Crippen LogP contribution < -0.4 is 5.32 Å². The molecule has 20 heavy (non-hydrogen) atoms. The van der Waals surface area contributed by atoms with Crippen LogP contribution in [-0.4, -0.2) is 42.0 Å². The van der Waals surface area contributed by atoms with Gasteiger partial charge in [-0.15, -0.1) is 11.3 Å². The maximum atomic E-state index is 5.68. The maximum Gasteiger partial charge on any atom is 0.131 e. The van der Waals surface area contributed by atoms with E-state index in [4.69, 9.17) is 9.47 Å². The lowest BCUT2D eigenvalue weighted by molar-refractivity contribution is -0.0868. The fraction of sp³-hybridized carbons (Fsp3) is 0.500. The van der Waals surface area contributed by atoms with E-state index in [1.807, 2.05) is 19.4 Å². The first-order valence-electron chi connectivity index (χ1n) is 6.78. The van der Waals surface area contributed by atoms with Crippen molar-refractivity contribution in [1.29, 1.82) is 0 Å². The van der Waals surface area contributed by atoms with Crippen LogP contribution in [0.5, 0.6) is 0 Å². The third kappa shape index (κ3) is 3.09. The summed E-state index contributed by atoms with van der Waals surface area (Å²) in [7, 11) is 2.02. The molecule has 0 radical (unpaired) electrons. The third-order valence-corrected chi connectivity index (χ3v) is 4.32. The van der Waals surface area contributed by atoms with Crippen LogP contribution in [-0.2, 0) is 16.5 Å². The molecule has 0 aliphatic carbocycles. The fourth-order valence-electron chi connectivity index (χ4n) is 2.33. The van der Waals surface area contributed by atoms with E-state index in [1.165, 1.54) is 4.88 Å². The first-order chi connectivity index (χ1) is 9.84. The molecule has 0 bridgehead atoms. The third-order valence-electron chi connectivity index (χ3n) is 3.38. The molecule has 0 spiro atoms. The van der Waals surface area contributed by atoms with E-state index >= 15 is 0 Å². The van der Waals surface area contributed by atoms with Crippen LogP contribution in [0.2, 0.25) is 0 Å². The Morgan fingerprint density at radius 1 is 1.55 bits per heavy atom. The quantitative estimate of drug-likeness (QED) is 0.909. The molecule has 1 fully saturated rings. The van der Waals surface area contributed by atoms with Gasteiger partial charge in [0.1, 0.15) is 11.9 Å². The Hall–Kier alpha value is -1.21. The van der Waals surface area contributed by atoms with Crippen molar-refractivity contribution < 1.29 is 9.47 Å². The number of hydrogen-bond donors (Lipinski definition) is 1. The van der Waals surface area contributed by atoms with Gasteiger partial charge >= 0.3 is 0 Å². The number of nitrogens with zero attached hydrogens (tertiary/aromatic N) is 2. The summed E-state index contributed by atoms with van der Waals surface area (Å²) in [6.07, 6.45) is 3.92. The molecule has 2 atom stereocenters. The van der Waals surface area contributed by atoms with Gasteiger partial charge in [0.2, 0.25) is 0 Å². The molecule has 2 aromatic heterocycles. The van der Waals surface area contributed by atoms with Crippen molar-refractivity contribution in [2.45, 2.75) is 12.1 Å². The zero-order valence-electron chi connectivity index (χ0n) is 11.5. The van der Waals surface area contributed by atoms with Gasteiger partial charge in [0.15, 0.2) is 0 Å². The largest absolute Gasteiger partial charge is 0.376 e. The van der Waals surface area contributed by atoms with Crippen molar-refractivity contribution in [3.05, 3.63) is 40.6 Å². The molecule has 3 rings (SSSR count). The first-order valence-corrected chi connectivity index (χ1v) is 7.66. The van der Waals surface area contributed by atoms with Gasteiger partial charge in [0.05, 0.1) is 25.9 Å². The van der Waals surface area contributed by atoms with Crippen LogP contribution >= 0.6 is 11.3 Å². The van der Waals surface area contributed by atoms with Crippen LogP contribution in [0.1, 0.15) is 16.7 Å². The molecule has 5 nitrogen and oxygen atoms in total. The highest BCUT2D eigenvalue weighted by molar-refractivity contribution is 7.10. The van der Waals surface area contributed by atoms with E-state index in [0.29, 0.717) is 19.8 Å². The van der Waals surface area contributed by atoms with Gasteiger partial charge in [0, 0.05) is 30.9 Å². The van der Waals surface area contributed by atoms with Gasteiger partial charge in [-0.3, -0.25) is 0 Å². The highest BCUT2D eigenvalue weighted by Crippen LogP contribution is 2.24. The second-order valence-corrected chi connectivity index (χ2v) is 5.80. The summed E-state index contributed by atoms with van der Waals surface area (Å²) >= 11 is 1.74. The molecule has 1 N–H and O–H groups in total. The second kappa shape index (κ2) is 6.49. The number of rotatable bonds is 5. The van der Waals surface area contributed by atoms with Crippen LogP contribution in [0.3, 0.4) is 0 Å². The topological polar surface area (TPSA) is 48.3 Å². The van der Waals surface area contributed by atoms with Crippen molar-refractivity contribution in [3.63, 3.8) is 0 Å². The van der Waals surface area contributed by atoms with E-state index in [-0.39, 0.29) is 12.1 Å². The predicted molar refractivity (Wildman–Crippen MR) is 77.9 cm³/mol. The lowest BCUT2D eigenvalue weighted by Gasteiger charge is -2.25. The number of thiophene rings is 1. The molecule has 6 heteroatoms. The molecule has 108 valence electrons. The summed E-state index contributed by atoms with van der Waals surface area (Å²) in [5, 5.41) is 5.65. The minimum atomic E-state index is 0.0977. The van der Waals surface area contributed by atoms with E-state index in [9.17, 15) is 0 Å². The SMILES string of the molecule is Cn1ccnc1C(NCC1COCCO1)c1cccs1. The molecule has 1 aliphatic heterocycles. The zero-order valence-corrected chi connectivity index (χ0v) is 12.3. The Balaban J connectivity index is 1.71. The predicted octanol–water partition coefficient (Wildman–Crippen LogP) is 1.58. The normalized spacial score (nSPS) is 20.9.